The molecular weight excluding hydrogens is 296 g/mol. The summed E-state index contributed by atoms with van der Waals surface area (Å²) in [5.41, 5.74) is 1.06. The highest BCUT2D eigenvalue weighted by Gasteiger charge is 2.23. The van der Waals surface area contributed by atoms with Crippen molar-refractivity contribution in [3.63, 3.8) is 0 Å². The zero-order valence-corrected chi connectivity index (χ0v) is 11.8. The molecule has 1 rings (SSSR count). The Morgan fingerprint density at radius 1 is 1.22 bits per heavy atom. The molecule has 3 nitrogen and oxygen atoms in total. The van der Waals surface area contributed by atoms with Gasteiger partial charge >= 0.3 is 0 Å². The quantitative estimate of drug-likeness (QED) is 0.571. The van der Waals surface area contributed by atoms with Crippen molar-refractivity contribution >= 4 is 15.9 Å². The van der Waals surface area contributed by atoms with E-state index >= 15 is 0 Å². The highest BCUT2D eigenvalue weighted by Crippen LogP contribution is 2.15. The average Bonchev–Trinajstić information content (AvgIpc) is 2.39. The first-order valence-electron chi connectivity index (χ1n) is 5.88. The van der Waals surface area contributed by atoms with E-state index in [2.05, 4.69) is 22.5 Å². The van der Waals surface area contributed by atoms with Gasteiger partial charge in [0.15, 0.2) is 0 Å². The second-order valence-electron chi connectivity index (χ2n) is 4.10. The normalized spacial score (nSPS) is 15.9. The molecule has 18 heavy (non-hydrogen) atoms. The maximum absolute atomic E-state index is 9.83. The van der Waals surface area contributed by atoms with Crippen molar-refractivity contribution in [2.45, 2.75) is 30.1 Å². The Balaban J connectivity index is 2.28. The molecule has 0 heterocycles. The lowest BCUT2D eigenvalue weighted by atomic mass is 10.1. The van der Waals surface area contributed by atoms with Gasteiger partial charge in [-0.2, -0.15) is 0 Å². The number of benzene rings is 1. The van der Waals surface area contributed by atoms with Gasteiger partial charge in [-0.15, -0.1) is 6.58 Å². The molecule has 4 heteroatoms. The molecule has 3 atom stereocenters. The van der Waals surface area contributed by atoms with E-state index in [9.17, 15) is 10.2 Å². The van der Waals surface area contributed by atoms with Crippen LogP contribution in [-0.4, -0.2) is 33.9 Å². The summed E-state index contributed by atoms with van der Waals surface area (Å²) < 4.78 is 5.41. The Bertz CT molecular complexity index is 342. The summed E-state index contributed by atoms with van der Waals surface area (Å²) in [5.74, 6) is 0. The largest absolute Gasteiger partial charge is 0.392 e. The number of alkyl halides is 1. The van der Waals surface area contributed by atoms with Gasteiger partial charge in [0.05, 0.1) is 30.2 Å². The molecule has 0 saturated heterocycles. The van der Waals surface area contributed by atoms with E-state index < -0.39 is 17.0 Å². The van der Waals surface area contributed by atoms with Crippen LogP contribution in [0.25, 0.3) is 0 Å². The van der Waals surface area contributed by atoms with Crippen molar-refractivity contribution in [3.8, 4) is 0 Å². The number of ether oxygens (including phenoxy) is 1. The van der Waals surface area contributed by atoms with Gasteiger partial charge in [0.2, 0.25) is 0 Å². The van der Waals surface area contributed by atoms with Crippen LogP contribution in [0.15, 0.2) is 43.0 Å². The molecule has 2 N–H and O–H groups in total. The van der Waals surface area contributed by atoms with E-state index in [-0.39, 0.29) is 6.61 Å². The minimum absolute atomic E-state index is 0.180. The maximum atomic E-state index is 9.83. The molecule has 0 bridgehead atoms. The number of hydrogen-bond donors (Lipinski definition) is 2. The Hall–Kier alpha value is -0.680. The summed E-state index contributed by atoms with van der Waals surface area (Å²) in [5, 5.41) is 19.5. The van der Waals surface area contributed by atoms with Crippen molar-refractivity contribution in [2.24, 2.45) is 0 Å². The molecule has 100 valence electrons. The first kappa shape index (κ1) is 15.4. The van der Waals surface area contributed by atoms with E-state index in [0.717, 1.165) is 5.56 Å². The zero-order valence-electron chi connectivity index (χ0n) is 10.2. The van der Waals surface area contributed by atoms with Crippen molar-refractivity contribution in [2.75, 3.05) is 6.61 Å². The molecule has 1 aromatic rings. The number of aliphatic hydroxyl groups is 2. The van der Waals surface area contributed by atoms with Gasteiger partial charge in [0.25, 0.3) is 0 Å². The van der Waals surface area contributed by atoms with Crippen LogP contribution in [0.3, 0.4) is 0 Å². The molecule has 0 saturated carbocycles. The molecule has 0 aliphatic heterocycles. The first-order valence-corrected chi connectivity index (χ1v) is 6.79. The molecule has 0 unspecified atom stereocenters. The van der Waals surface area contributed by atoms with Crippen molar-refractivity contribution in [1.29, 1.82) is 0 Å². The highest BCUT2D eigenvalue weighted by atomic mass is 79.9. The predicted molar refractivity (Wildman–Crippen MR) is 75.6 cm³/mol. The molecule has 0 spiro atoms. The summed E-state index contributed by atoms with van der Waals surface area (Å²) in [7, 11) is 0. The zero-order chi connectivity index (χ0) is 13.4. The van der Waals surface area contributed by atoms with Gasteiger partial charge in [-0.25, -0.2) is 0 Å². The van der Waals surface area contributed by atoms with Crippen LogP contribution in [-0.2, 0) is 11.3 Å². The lowest BCUT2D eigenvalue weighted by Gasteiger charge is -2.21. The molecule has 0 aromatic heterocycles. The van der Waals surface area contributed by atoms with Crippen molar-refractivity contribution in [3.05, 3.63) is 48.6 Å². The van der Waals surface area contributed by atoms with Crippen LogP contribution >= 0.6 is 15.9 Å². The van der Waals surface area contributed by atoms with E-state index in [0.29, 0.717) is 13.0 Å². The van der Waals surface area contributed by atoms with Crippen LogP contribution in [0.5, 0.6) is 0 Å². The van der Waals surface area contributed by atoms with Crippen LogP contribution in [0.2, 0.25) is 0 Å². The third-order valence-electron chi connectivity index (χ3n) is 2.54. The summed E-state index contributed by atoms with van der Waals surface area (Å²) in [6.07, 6.45) is 0.656. The molecule has 0 aliphatic carbocycles. The standard InChI is InChI=1S/C14H19BrO3/c1-2-6-12(16)14(15)13(17)10-18-9-11-7-4-3-5-8-11/h2-5,7-8,12-14,16-17H,1,6,9-10H2/t12-,13-,14-/m1/s1. The second kappa shape index (κ2) is 8.43. The molecular formula is C14H19BrO3. The maximum Gasteiger partial charge on any atom is 0.0923 e. The lowest BCUT2D eigenvalue weighted by molar-refractivity contribution is 0.00796. The fourth-order valence-electron chi connectivity index (χ4n) is 1.52. The first-order chi connectivity index (χ1) is 8.65. The van der Waals surface area contributed by atoms with E-state index in [1.165, 1.54) is 0 Å². The monoisotopic (exact) mass is 314 g/mol. The fraction of sp³-hybridized carbons (Fsp3) is 0.429. The number of aliphatic hydroxyl groups excluding tert-OH is 2. The average molecular weight is 315 g/mol. The Kier molecular flexibility index (Phi) is 7.20. The summed E-state index contributed by atoms with van der Waals surface area (Å²) in [4.78, 5) is -0.411. The third-order valence-corrected chi connectivity index (χ3v) is 3.76. The smallest absolute Gasteiger partial charge is 0.0923 e. The minimum atomic E-state index is -0.747. The van der Waals surface area contributed by atoms with Crippen LogP contribution in [0.1, 0.15) is 12.0 Å². The van der Waals surface area contributed by atoms with Gasteiger partial charge in [0, 0.05) is 0 Å². The van der Waals surface area contributed by atoms with E-state index in [1.807, 2.05) is 30.3 Å². The number of hydrogen-bond acceptors (Lipinski definition) is 3. The molecule has 0 fully saturated rings. The van der Waals surface area contributed by atoms with Crippen LogP contribution in [0.4, 0.5) is 0 Å². The topological polar surface area (TPSA) is 49.7 Å². The Morgan fingerprint density at radius 3 is 2.50 bits per heavy atom. The van der Waals surface area contributed by atoms with Crippen LogP contribution in [0, 0.1) is 0 Å². The summed E-state index contributed by atoms with van der Waals surface area (Å²) in [6, 6.07) is 9.75. The molecule has 1 aromatic carbocycles. The fourth-order valence-corrected chi connectivity index (χ4v) is 1.89. The van der Waals surface area contributed by atoms with Crippen molar-refractivity contribution < 1.29 is 14.9 Å². The van der Waals surface area contributed by atoms with Gasteiger partial charge in [-0.1, -0.05) is 52.3 Å². The van der Waals surface area contributed by atoms with Crippen molar-refractivity contribution in [1.82, 2.24) is 0 Å². The van der Waals surface area contributed by atoms with Gasteiger partial charge in [-0.3, -0.25) is 0 Å². The Labute approximate surface area is 116 Å². The van der Waals surface area contributed by atoms with Gasteiger partial charge < -0.3 is 14.9 Å². The van der Waals surface area contributed by atoms with Gasteiger partial charge in [0.1, 0.15) is 0 Å². The van der Waals surface area contributed by atoms with E-state index in [1.54, 1.807) is 6.08 Å². The predicted octanol–water partition coefficient (Wildman–Crippen LogP) is 2.26. The number of halogens is 1. The molecule has 0 aliphatic rings. The molecule has 0 radical (unpaired) electrons. The van der Waals surface area contributed by atoms with E-state index in [4.69, 9.17) is 4.74 Å². The SMILES string of the molecule is C=CC[C@@H](O)[C@@H](Br)[C@H](O)COCc1ccccc1. The lowest BCUT2D eigenvalue weighted by Crippen LogP contribution is -2.35. The minimum Gasteiger partial charge on any atom is -0.392 e. The summed E-state index contributed by atoms with van der Waals surface area (Å²) >= 11 is 3.27. The molecule has 0 amide bonds. The highest BCUT2D eigenvalue weighted by molar-refractivity contribution is 9.09. The Morgan fingerprint density at radius 2 is 1.89 bits per heavy atom. The number of rotatable bonds is 8. The van der Waals surface area contributed by atoms with Crippen LogP contribution < -0.4 is 0 Å². The third kappa shape index (κ3) is 5.31. The summed E-state index contributed by atoms with van der Waals surface area (Å²) in [6.45, 7) is 4.18. The second-order valence-corrected chi connectivity index (χ2v) is 5.16. The van der Waals surface area contributed by atoms with Gasteiger partial charge in [-0.05, 0) is 12.0 Å².